The van der Waals surface area contributed by atoms with E-state index in [1.165, 1.54) is 0 Å². The van der Waals surface area contributed by atoms with Crippen LogP contribution in [-0.2, 0) is 9.59 Å². The van der Waals surface area contributed by atoms with Crippen molar-refractivity contribution in [3.8, 4) is 0 Å². The number of aliphatic hydroxyl groups excluding tert-OH is 3. The summed E-state index contributed by atoms with van der Waals surface area (Å²) in [6, 6.07) is 0. The van der Waals surface area contributed by atoms with Gasteiger partial charge in [-0.25, -0.2) is 0 Å². The first-order valence-electron chi connectivity index (χ1n) is 11.3. The molecule has 0 unspecified atom stereocenters. The zero-order valence-corrected chi connectivity index (χ0v) is 19.7. The number of ketones is 2. The van der Waals surface area contributed by atoms with E-state index < -0.39 is 23.4 Å². The van der Waals surface area contributed by atoms with Crippen molar-refractivity contribution >= 4 is 27.5 Å². The Labute approximate surface area is 187 Å². The molecule has 0 aromatic rings. The molecule has 0 radical (unpaired) electrons. The molecule has 6 nitrogen and oxygen atoms in total. The van der Waals surface area contributed by atoms with Crippen molar-refractivity contribution in [2.45, 2.75) is 76.9 Å². The summed E-state index contributed by atoms with van der Waals surface area (Å²) < 4.78 is 0. The number of carbonyl (C=O) groups is 2. The van der Waals surface area contributed by atoms with E-state index in [1.54, 1.807) is 0 Å². The third-order valence-corrected chi connectivity index (χ3v) is 9.52. The molecule has 4 fully saturated rings. The zero-order valence-electron chi connectivity index (χ0n) is 18.1. The first-order chi connectivity index (χ1) is 14.1. The van der Waals surface area contributed by atoms with Crippen molar-refractivity contribution in [1.82, 2.24) is 0 Å². The second-order valence-corrected chi connectivity index (χ2v) is 11.2. The van der Waals surface area contributed by atoms with Crippen molar-refractivity contribution in [2.24, 2.45) is 34.5 Å². The van der Waals surface area contributed by atoms with Gasteiger partial charge < -0.3 is 20.4 Å². The lowest BCUT2D eigenvalue weighted by molar-refractivity contribution is -0.180. The van der Waals surface area contributed by atoms with Crippen LogP contribution >= 0.6 is 15.9 Å². The Balaban J connectivity index is 0.000000589. The molecule has 4 N–H and O–H groups in total. The topological polar surface area (TPSA) is 115 Å². The maximum absolute atomic E-state index is 13.4. The van der Waals surface area contributed by atoms with E-state index in [4.69, 9.17) is 5.11 Å². The van der Waals surface area contributed by atoms with Gasteiger partial charge in [0.05, 0.1) is 12.7 Å². The maximum atomic E-state index is 13.4. The molecule has 4 aliphatic rings. The number of Topliss-reactive ketones (excluding diaryl/α,β-unsaturated/α-hetero) is 2. The Kier molecular flexibility index (Phi) is 7.20. The van der Waals surface area contributed by atoms with Crippen LogP contribution in [0, 0.1) is 34.5 Å². The molecule has 0 bridgehead atoms. The molecular weight excluding hydrogens is 452 g/mol. The van der Waals surface area contributed by atoms with Gasteiger partial charge in [-0.15, -0.1) is 0 Å². The minimum Gasteiger partial charge on any atom is -0.396 e. The molecule has 7 heteroatoms. The molecule has 8 atom stereocenters. The van der Waals surface area contributed by atoms with Gasteiger partial charge in [0.15, 0.2) is 5.78 Å². The standard InChI is InChI=1S/C21H32O5.C2H5BrO/c1-19-7-5-13(23)9-12(19)3-4-14-15-6-8-21(26,17(25)11-22)20(15,2)10-16(24)18(14)19;3-1-2-4/h12-15,18,22-23,26H,3-11H2,1-2H3;4H,1-2H2/t12-,13-,14+,15+,18-,19+,20+,21+;/m1./s1. The summed E-state index contributed by atoms with van der Waals surface area (Å²) in [4.78, 5) is 25.7. The van der Waals surface area contributed by atoms with Crippen LogP contribution in [0.1, 0.15) is 65.2 Å². The number of halogens is 1. The Bertz CT molecular complexity index is 668. The highest BCUT2D eigenvalue weighted by atomic mass is 79.9. The van der Waals surface area contributed by atoms with E-state index in [-0.39, 0.29) is 48.1 Å². The van der Waals surface area contributed by atoms with E-state index in [0.29, 0.717) is 17.7 Å². The number of hydrogen-bond acceptors (Lipinski definition) is 6. The molecule has 4 saturated carbocycles. The maximum Gasteiger partial charge on any atom is 0.190 e. The highest BCUT2D eigenvalue weighted by Crippen LogP contribution is 2.67. The molecule has 4 rings (SSSR count). The Hall–Kier alpha value is -0.340. The number of carbonyl (C=O) groups excluding carboxylic acids is 2. The quantitative estimate of drug-likeness (QED) is 0.452. The first-order valence-corrected chi connectivity index (χ1v) is 12.4. The fourth-order valence-corrected chi connectivity index (χ4v) is 7.64. The number of aliphatic hydroxyl groups is 4. The van der Waals surface area contributed by atoms with Gasteiger partial charge in [-0.1, -0.05) is 29.8 Å². The summed E-state index contributed by atoms with van der Waals surface area (Å²) in [5.41, 5.74) is -2.40. The van der Waals surface area contributed by atoms with E-state index >= 15 is 0 Å². The second kappa shape index (κ2) is 8.89. The third-order valence-electron chi connectivity index (χ3n) is 9.17. The van der Waals surface area contributed by atoms with E-state index in [0.717, 1.165) is 38.5 Å². The number of rotatable bonds is 3. The van der Waals surface area contributed by atoms with Crippen molar-refractivity contribution in [2.75, 3.05) is 18.5 Å². The van der Waals surface area contributed by atoms with Gasteiger partial charge in [0.2, 0.25) is 0 Å². The average Bonchev–Trinajstić information content (AvgIpc) is 2.99. The van der Waals surface area contributed by atoms with Crippen LogP contribution in [0.25, 0.3) is 0 Å². The molecule has 0 heterocycles. The predicted octanol–water partition coefficient (Wildman–Crippen LogP) is 2.24. The smallest absolute Gasteiger partial charge is 0.190 e. The molecular formula is C23H37BrO6. The summed E-state index contributed by atoms with van der Waals surface area (Å²) in [5.74, 6) is 0.380. The zero-order chi connectivity index (χ0) is 22.3. The Morgan fingerprint density at radius 3 is 2.40 bits per heavy atom. The van der Waals surface area contributed by atoms with Crippen LogP contribution in [0.4, 0.5) is 0 Å². The first kappa shape index (κ1) is 24.3. The van der Waals surface area contributed by atoms with E-state index in [2.05, 4.69) is 22.9 Å². The molecule has 30 heavy (non-hydrogen) atoms. The largest absolute Gasteiger partial charge is 0.396 e. The third kappa shape index (κ3) is 3.62. The van der Waals surface area contributed by atoms with Gasteiger partial charge in [0.25, 0.3) is 0 Å². The summed E-state index contributed by atoms with van der Waals surface area (Å²) in [6.07, 6.45) is 5.47. The lowest BCUT2D eigenvalue weighted by Gasteiger charge is -2.60. The number of hydrogen-bond donors (Lipinski definition) is 4. The second-order valence-electron chi connectivity index (χ2n) is 10.4. The molecule has 0 aromatic heterocycles. The van der Waals surface area contributed by atoms with Crippen LogP contribution in [-0.4, -0.2) is 62.2 Å². The summed E-state index contributed by atoms with van der Waals surface area (Å²) in [5, 5.41) is 39.1. The van der Waals surface area contributed by atoms with E-state index in [1.807, 2.05) is 6.92 Å². The summed E-state index contributed by atoms with van der Waals surface area (Å²) >= 11 is 3.00. The molecule has 0 amide bonds. The van der Waals surface area contributed by atoms with Crippen molar-refractivity contribution in [1.29, 1.82) is 0 Å². The predicted molar refractivity (Wildman–Crippen MR) is 116 cm³/mol. The molecule has 4 aliphatic carbocycles. The molecule has 0 aromatic carbocycles. The van der Waals surface area contributed by atoms with Crippen LogP contribution in [0.5, 0.6) is 0 Å². The van der Waals surface area contributed by atoms with Crippen LogP contribution in [0.15, 0.2) is 0 Å². The Morgan fingerprint density at radius 2 is 1.80 bits per heavy atom. The highest BCUT2D eigenvalue weighted by molar-refractivity contribution is 9.09. The molecule has 0 saturated heterocycles. The molecule has 172 valence electrons. The van der Waals surface area contributed by atoms with Gasteiger partial charge in [0.1, 0.15) is 18.0 Å². The van der Waals surface area contributed by atoms with Crippen molar-refractivity contribution in [3.05, 3.63) is 0 Å². The van der Waals surface area contributed by atoms with Crippen LogP contribution in [0.3, 0.4) is 0 Å². The molecule has 0 spiro atoms. The minimum atomic E-state index is -1.58. The van der Waals surface area contributed by atoms with Gasteiger partial charge in [-0.3, -0.25) is 9.59 Å². The van der Waals surface area contributed by atoms with Gasteiger partial charge >= 0.3 is 0 Å². The number of alkyl halides is 1. The lowest BCUT2D eigenvalue weighted by atomic mass is 9.44. The minimum absolute atomic E-state index is 0.0154. The lowest BCUT2D eigenvalue weighted by Crippen LogP contribution is -2.62. The fraction of sp³-hybridized carbons (Fsp3) is 0.913. The van der Waals surface area contributed by atoms with Crippen LogP contribution < -0.4 is 0 Å². The van der Waals surface area contributed by atoms with Crippen molar-refractivity contribution in [3.63, 3.8) is 0 Å². The SMILES string of the molecule is C[C@]12CC[C@@H](O)C[C@H]1CC[C@@H]1[C@@H]2C(=O)C[C@@]2(C)[C@H]1CC[C@]2(O)C(=O)CO.OCCBr. The van der Waals surface area contributed by atoms with Crippen LogP contribution in [0.2, 0.25) is 0 Å². The molecule has 0 aliphatic heterocycles. The number of fused-ring (bicyclic) bond motifs is 5. The normalized spacial score (nSPS) is 47.4. The average molecular weight is 489 g/mol. The van der Waals surface area contributed by atoms with Crippen molar-refractivity contribution < 1.29 is 30.0 Å². The van der Waals surface area contributed by atoms with Gasteiger partial charge in [-0.2, -0.15) is 0 Å². The summed E-state index contributed by atoms with van der Waals surface area (Å²) in [7, 11) is 0. The fourth-order valence-electron chi connectivity index (χ4n) is 7.64. The van der Waals surface area contributed by atoms with Gasteiger partial charge in [0, 0.05) is 23.1 Å². The van der Waals surface area contributed by atoms with E-state index in [9.17, 15) is 24.9 Å². The highest BCUT2D eigenvalue weighted by Gasteiger charge is 2.68. The Morgan fingerprint density at radius 1 is 1.13 bits per heavy atom. The van der Waals surface area contributed by atoms with Gasteiger partial charge in [-0.05, 0) is 68.1 Å². The summed E-state index contributed by atoms with van der Waals surface area (Å²) in [6.45, 7) is 3.70. The monoisotopic (exact) mass is 488 g/mol.